The largest absolute Gasteiger partial charge is 0.478 e. The Bertz CT molecular complexity index is 785. The molecule has 0 radical (unpaired) electrons. The molecule has 0 spiro atoms. The van der Waals surface area contributed by atoms with E-state index >= 15 is 0 Å². The number of benzene rings is 1. The van der Waals surface area contributed by atoms with Gasteiger partial charge < -0.3 is 9.63 Å². The zero-order chi connectivity index (χ0) is 16.7. The number of carbonyl (C=O) groups is 1. The van der Waals surface area contributed by atoms with E-state index in [-0.39, 0.29) is 11.4 Å². The van der Waals surface area contributed by atoms with E-state index in [1.807, 2.05) is 4.90 Å². The first kappa shape index (κ1) is 15.3. The van der Waals surface area contributed by atoms with Crippen LogP contribution >= 0.6 is 0 Å². The summed E-state index contributed by atoms with van der Waals surface area (Å²) in [7, 11) is 0. The van der Waals surface area contributed by atoms with Gasteiger partial charge in [-0.25, -0.2) is 9.18 Å². The van der Waals surface area contributed by atoms with Crippen LogP contribution in [0.25, 0.3) is 0 Å². The number of aromatic nitrogens is 2. The number of carboxylic acid groups (broad SMARTS) is 1. The van der Waals surface area contributed by atoms with Gasteiger partial charge in [-0.3, -0.25) is 4.90 Å². The van der Waals surface area contributed by atoms with Crippen LogP contribution in [-0.2, 0) is 19.5 Å². The van der Waals surface area contributed by atoms with Gasteiger partial charge in [0.05, 0.1) is 12.1 Å². The Hall–Kier alpha value is -2.28. The predicted molar refractivity (Wildman–Crippen MR) is 82.1 cm³/mol. The first-order valence-corrected chi connectivity index (χ1v) is 8.20. The summed E-state index contributed by atoms with van der Waals surface area (Å²) in [5.74, 6) is 0.335. The maximum Gasteiger partial charge on any atom is 0.336 e. The second-order valence-corrected chi connectivity index (χ2v) is 6.49. The third kappa shape index (κ3) is 2.69. The second-order valence-electron chi connectivity index (χ2n) is 6.49. The van der Waals surface area contributed by atoms with Crippen LogP contribution in [0.3, 0.4) is 0 Å². The number of fused-ring (bicyclic) bond motifs is 1. The van der Waals surface area contributed by atoms with Crippen LogP contribution in [-0.4, -0.2) is 32.7 Å². The minimum atomic E-state index is -1.03. The highest BCUT2D eigenvalue weighted by Gasteiger charge is 2.28. The number of rotatable bonds is 4. The summed E-state index contributed by atoms with van der Waals surface area (Å²) in [5, 5.41) is 13.4. The van der Waals surface area contributed by atoms with E-state index < -0.39 is 5.97 Å². The van der Waals surface area contributed by atoms with Crippen molar-refractivity contribution in [3.05, 3.63) is 46.4 Å². The molecule has 2 aliphatic rings. The Morgan fingerprint density at radius 1 is 1.38 bits per heavy atom. The Balaban J connectivity index is 1.52. The van der Waals surface area contributed by atoms with Gasteiger partial charge in [0.15, 0.2) is 5.82 Å². The van der Waals surface area contributed by atoms with Gasteiger partial charge in [-0.15, -0.1) is 0 Å². The normalized spacial score (nSPS) is 18.2. The number of aromatic carboxylic acids is 1. The molecule has 1 aromatic heterocycles. The van der Waals surface area contributed by atoms with E-state index in [1.54, 1.807) is 0 Å². The molecule has 4 rings (SSSR count). The first-order valence-electron chi connectivity index (χ1n) is 8.20. The van der Waals surface area contributed by atoms with Crippen LogP contribution in [0.2, 0.25) is 0 Å². The van der Waals surface area contributed by atoms with Crippen LogP contribution in [0.5, 0.6) is 0 Å². The molecule has 1 fully saturated rings. The molecular weight excluding hydrogens is 313 g/mol. The summed E-state index contributed by atoms with van der Waals surface area (Å²) in [4.78, 5) is 17.9. The van der Waals surface area contributed by atoms with E-state index in [2.05, 4.69) is 10.1 Å². The van der Waals surface area contributed by atoms with Crippen molar-refractivity contribution in [1.29, 1.82) is 0 Å². The maximum absolute atomic E-state index is 14.0. The molecule has 7 heteroatoms. The summed E-state index contributed by atoms with van der Waals surface area (Å²) < 4.78 is 19.3. The summed E-state index contributed by atoms with van der Waals surface area (Å²) in [5.41, 5.74) is 1.23. The van der Waals surface area contributed by atoms with Crippen molar-refractivity contribution < 1.29 is 18.8 Å². The molecule has 2 heterocycles. The van der Waals surface area contributed by atoms with Crippen LogP contribution in [0.4, 0.5) is 4.39 Å². The molecule has 1 saturated carbocycles. The topological polar surface area (TPSA) is 79.5 Å². The minimum absolute atomic E-state index is 0.166. The zero-order valence-electron chi connectivity index (χ0n) is 13.2. The molecule has 2 aromatic rings. The van der Waals surface area contributed by atoms with Crippen molar-refractivity contribution in [3.8, 4) is 0 Å². The molecule has 0 saturated heterocycles. The second kappa shape index (κ2) is 5.98. The average Bonchev–Trinajstić information content (AvgIpc) is 2.93. The van der Waals surface area contributed by atoms with Crippen molar-refractivity contribution in [2.75, 3.05) is 6.54 Å². The first-order chi connectivity index (χ1) is 11.6. The molecule has 0 bridgehead atoms. The quantitative estimate of drug-likeness (QED) is 0.928. The number of hydrogen-bond acceptors (Lipinski definition) is 5. The molecular formula is C17H18FN3O3. The monoisotopic (exact) mass is 331 g/mol. The fraction of sp³-hybridized carbons (Fsp3) is 0.471. The molecule has 0 atom stereocenters. The number of hydrogen-bond donors (Lipinski definition) is 1. The van der Waals surface area contributed by atoms with Gasteiger partial charge in [0.1, 0.15) is 5.82 Å². The Labute approximate surface area is 138 Å². The van der Waals surface area contributed by atoms with Crippen molar-refractivity contribution in [2.24, 2.45) is 0 Å². The van der Waals surface area contributed by atoms with E-state index in [4.69, 9.17) is 4.52 Å². The van der Waals surface area contributed by atoms with Crippen molar-refractivity contribution in [1.82, 2.24) is 15.0 Å². The maximum atomic E-state index is 14.0. The lowest BCUT2D eigenvalue weighted by molar-refractivity contribution is 0.0693. The van der Waals surface area contributed by atoms with Crippen molar-refractivity contribution in [2.45, 2.75) is 44.7 Å². The van der Waals surface area contributed by atoms with Gasteiger partial charge in [-0.2, -0.15) is 4.98 Å². The Morgan fingerprint density at radius 3 is 2.92 bits per heavy atom. The zero-order valence-corrected chi connectivity index (χ0v) is 13.2. The number of nitrogens with zero attached hydrogens (tertiary/aromatic N) is 3. The van der Waals surface area contributed by atoms with E-state index in [0.29, 0.717) is 54.8 Å². The molecule has 0 amide bonds. The fourth-order valence-electron chi connectivity index (χ4n) is 3.38. The van der Waals surface area contributed by atoms with Crippen LogP contribution in [0, 0.1) is 5.82 Å². The highest BCUT2D eigenvalue weighted by Crippen LogP contribution is 2.35. The van der Waals surface area contributed by atoms with Gasteiger partial charge >= 0.3 is 5.97 Å². The molecule has 126 valence electrons. The smallest absolute Gasteiger partial charge is 0.336 e. The summed E-state index contributed by atoms with van der Waals surface area (Å²) in [6.07, 6.45) is 3.88. The highest BCUT2D eigenvalue weighted by molar-refractivity contribution is 5.89. The molecule has 24 heavy (non-hydrogen) atoms. The summed E-state index contributed by atoms with van der Waals surface area (Å²) >= 11 is 0. The third-order valence-electron chi connectivity index (χ3n) is 4.97. The molecule has 1 aliphatic carbocycles. The van der Waals surface area contributed by atoms with Gasteiger partial charge in [-0.05, 0) is 42.5 Å². The van der Waals surface area contributed by atoms with Crippen LogP contribution < -0.4 is 0 Å². The molecule has 6 nitrogen and oxygen atoms in total. The third-order valence-corrected chi connectivity index (χ3v) is 4.97. The average molecular weight is 331 g/mol. The van der Waals surface area contributed by atoms with E-state index in [0.717, 1.165) is 12.8 Å². The molecule has 1 aliphatic heterocycles. The lowest BCUT2D eigenvalue weighted by atomic mass is 9.85. The van der Waals surface area contributed by atoms with Crippen LogP contribution in [0.15, 0.2) is 16.7 Å². The van der Waals surface area contributed by atoms with Gasteiger partial charge in [0, 0.05) is 19.0 Å². The van der Waals surface area contributed by atoms with Crippen molar-refractivity contribution in [3.63, 3.8) is 0 Å². The lowest BCUT2D eigenvalue weighted by Crippen LogP contribution is -2.32. The SMILES string of the molecule is O=C(O)c1ccc(F)c2c1CN(Cc1noc(C3CCC3)n1)CC2. The van der Waals surface area contributed by atoms with Gasteiger partial charge in [-0.1, -0.05) is 11.6 Å². The Kier molecular flexibility index (Phi) is 3.80. The lowest BCUT2D eigenvalue weighted by Gasteiger charge is -2.28. The van der Waals surface area contributed by atoms with Crippen LogP contribution in [0.1, 0.15) is 58.4 Å². The number of halogens is 1. The summed E-state index contributed by atoms with van der Waals surface area (Å²) in [6.45, 7) is 1.49. The van der Waals surface area contributed by atoms with Gasteiger partial charge in [0.2, 0.25) is 5.89 Å². The minimum Gasteiger partial charge on any atom is -0.478 e. The fourth-order valence-corrected chi connectivity index (χ4v) is 3.38. The summed E-state index contributed by atoms with van der Waals surface area (Å²) in [6, 6.07) is 2.57. The van der Waals surface area contributed by atoms with Crippen molar-refractivity contribution >= 4 is 5.97 Å². The van der Waals surface area contributed by atoms with E-state index in [1.165, 1.54) is 18.6 Å². The predicted octanol–water partition coefficient (Wildman–Crippen LogP) is 2.73. The van der Waals surface area contributed by atoms with Gasteiger partial charge in [0.25, 0.3) is 0 Å². The van der Waals surface area contributed by atoms with E-state index in [9.17, 15) is 14.3 Å². The highest BCUT2D eigenvalue weighted by atomic mass is 19.1. The molecule has 0 unspecified atom stereocenters. The molecule has 1 N–H and O–H groups in total. The Morgan fingerprint density at radius 2 is 2.21 bits per heavy atom. The number of carboxylic acids is 1. The standard InChI is InChI=1S/C17H18FN3O3/c18-14-5-4-12(17(22)23)13-8-21(7-6-11(13)14)9-15-19-16(24-20-15)10-2-1-3-10/h4-5,10H,1-3,6-9H2,(H,22,23). The molecule has 1 aromatic carbocycles.